The van der Waals surface area contributed by atoms with Gasteiger partial charge in [0.25, 0.3) is 0 Å². The van der Waals surface area contributed by atoms with Gasteiger partial charge in [0.15, 0.2) is 0 Å². The van der Waals surface area contributed by atoms with Crippen LogP contribution in [0.1, 0.15) is 23.2 Å². The molecule has 118 valence electrons. The van der Waals surface area contributed by atoms with Crippen LogP contribution in [0.25, 0.3) is 0 Å². The van der Waals surface area contributed by atoms with E-state index < -0.39 is 28.6 Å². The average Bonchev–Trinajstić information content (AvgIpc) is 2.48. The Morgan fingerprint density at radius 1 is 0.714 bits per heavy atom. The van der Waals surface area contributed by atoms with Crippen molar-refractivity contribution < 1.29 is 25.3 Å². The Bertz CT molecular complexity index is 488. The van der Waals surface area contributed by atoms with E-state index in [1.165, 1.54) is 24.3 Å². The van der Waals surface area contributed by atoms with E-state index >= 15 is 0 Å². The minimum absolute atomic E-state index is 0.318. The standard InChI is InChI=1S/C14H14F2N2.2ClH.Pt/c15-11-5-1-9(2-6-11)13(17)14(18)10-3-7-12(16)8-4-10;;;/h1-8,13-14H,17-18H2;2*1H;/q;;;+2/p-2. The fraction of sp³-hybridized carbons (Fsp3) is 0.143. The SMILES string of the molecule is NC(c1ccc(F)cc1)C(N)c1ccc(F)cc1.[Cl][Pt][Cl]. The van der Waals surface area contributed by atoms with E-state index in [1.807, 2.05) is 0 Å². The predicted molar refractivity (Wildman–Crippen MR) is 78.4 cm³/mol. The maximum absolute atomic E-state index is 12.8. The van der Waals surface area contributed by atoms with Crippen molar-refractivity contribution in [3.63, 3.8) is 0 Å². The monoisotopic (exact) mass is 513 g/mol. The zero-order valence-electron chi connectivity index (χ0n) is 10.8. The minimum atomic E-state index is -0.472. The Kier molecular flexibility index (Phi) is 8.38. The summed E-state index contributed by atoms with van der Waals surface area (Å²) in [6.07, 6.45) is 0. The first-order valence-corrected chi connectivity index (χ1v) is 11.5. The molecule has 0 amide bonds. The molecule has 0 bridgehead atoms. The molecule has 0 aliphatic carbocycles. The number of halogens is 4. The zero-order chi connectivity index (χ0) is 15.8. The molecule has 2 nitrogen and oxygen atoms in total. The topological polar surface area (TPSA) is 52.0 Å². The average molecular weight is 514 g/mol. The second kappa shape index (κ2) is 9.49. The Labute approximate surface area is 138 Å². The molecule has 0 aromatic heterocycles. The molecule has 4 N–H and O–H groups in total. The molecule has 2 aromatic carbocycles. The fourth-order valence-corrected chi connectivity index (χ4v) is 1.78. The van der Waals surface area contributed by atoms with Crippen LogP contribution in [-0.2, 0) is 16.5 Å². The zero-order valence-corrected chi connectivity index (χ0v) is 14.5. The van der Waals surface area contributed by atoms with Crippen LogP contribution in [-0.4, -0.2) is 0 Å². The Hall–Kier alpha value is -0.512. The van der Waals surface area contributed by atoms with Crippen LogP contribution >= 0.6 is 18.8 Å². The van der Waals surface area contributed by atoms with E-state index in [2.05, 4.69) is 0 Å². The summed E-state index contributed by atoms with van der Waals surface area (Å²) in [6, 6.07) is 10.8. The third-order valence-electron chi connectivity index (χ3n) is 2.90. The van der Waals surface area contributed by atoms with Crippen molar-refractivity contribution in [3.05, 3.63) is 71.3 Å². The van der Waals surface area contributed by atoms with Crippen LogP contribution in [0.2, 0.25) is 0 Å². The van der Waals surface area contributed by atoms with Crippen molar-refractivity contribution in [3.8, 4) is 0 Å². The van der Waals surface area contributed by atoms with Crippen molar-refractivity contribution in [1.82, 2.24) is 0 Å². The molecule has 2 atom stereocenters. The van der Waals surface area contributed by atoms with Crippen LogP contribution < -0.4 is 11.5 Å². The number of rotatable bonds is 3. The second-order valence-electron chi connectivity index (χ2n) is 4.20. The van der Waals surface area contributed by atoms with Crippen LogP contribution in [0.3, 0.4) is 0 Å². The molecule has 0 radical (unpaired) electrons. The Morgan fingerprint density at radius 2 is 0.952 bits per heavy atom. The van der Waals surface area contributed by atoms with E-state index in [-0.39, 0.29) is 11.6 Å². The summed E-state index contributed by atoms with van der Waals surface area (Å²) < 4.78 is 25.6. The van der Waals surface area contributed by atoms with Gasteiger partial charge in [-0.05, 0) is 35.4 Å². The molecular formula is C14H14Cl2F2N2Pt. The molecule has 2 aromatic rings. The first-order valence-electron chi connectivity index (χ1n) is 5.84. The van der Waals surface area contributed by atoms with Gasteiger partial charge in [0.1, 0.15) is 11.6 Å². The summed E-state index contributed by atoms with van der Waals surface area (Å²) >= 11 is -0.472. The van der Waals surface area contributed by atoms with E-state index in [0.29, 0.717) is 0 Å². The molecule has 2 rings (SSSR count). The fourth-order valence-electron chi connectivity index (χ4n) is 1.78. The Morgan fingerprint density at radius 3 is 1.19 bits per heavy atom. The third kappa shape index (κ3) is 6.01. The van der Waals surface area contributed by atoms with E-state index in [9.17, 15) is 8.78 Å². The van der Waals surface area contributed by atoms with Crippen molar-refractivity contribution in [1.29, 1.82) is 0 Å². The summed E-state index contributed by atoms with van der Waals surface area (Å²) in [7, 11) is 9.75. The third-order valence-corrected chi connectivity index (χ3v) is 2.90. The molecular weight excluding hydrogens is 500 g/mol. The molecule has 0 spiro atoms. The summed E-state index contributed by atoms with van der Waals surface area (Å²) in [5, 5.41) is 0. The first-order chi connectivity index (χ1) is 9.99. The van der Waals surface area contributed by atoms with Gasteiger partial charge >= 0.3 is 35.3 Å². The molecule has 0 aliphatic heterocycles. The normalized spacial score (nSPS) is 13.2. The summed E-state index contributed by atoms with van der Waals surface area (Å²) in [4.78, 5) is 0. The van der Waals surface area contributed by atoms with Crippen LogP contribution in [0, 0.1) is 11.6 Å². The Balaban J connectivity index is 0.000000677. The van der Waals surface area contributed by atoms with Crippen LogP contribution in [0.4, 0.5) is 8.78 Å². The van der Waals surface area contributed by atoms with Gasteiger partial charge in [0, 0.05) is 12.1 Å². The van der Waals surface area contributed by atoms with E-state index in [4.69, 9.17) is 30.3 Å². The summed E-state index contributed by atoms with van der Waals surface area (Å²) in [5.41, 5.74) is 13.5. The molecule has 21 heavy (non-hydrogen) atoms. The summed E-state index contributed by atoms with van der Waals surface area (Å²) in [5.74, 6) is -0.636. The molecule has 0 aliphatic rings. The second-order valence-corrected chi connectivity index (χ2v) is 7.48. The van der Waals surface area contributed by atoms with Gasteiger partial charge in [-0.3, -0.25) is 0 Å². The first kappa shape index (κ1) is 18.5. The molecule has 0 saturated heterocycles. The molecule has 0 saturated carbocycles. The van der Waals surface area contributed by atoms with Crippen LogP contribution in [0.15, 0.2) is 48.5 Å². The molecule has 0 fully saturated rings. The number of hydrogen-bond acceptors (Lipinski definition) is 2. The van der Waals surface area contributed by atoms with Crippen molar-refractivity contribution in [2.24, 2.45) is 11.5 Å². The van der Waals surface area contributed by atoms with Gasteiger partial charge in [0.05, 0.1) is 0 Å². The van der Waals surface area contributed by atoms with Gasteiger partial charge in [-0.15, -0.1) is 0 Å². The van der Waals surface area contributed by atoms with Crippen LogP contribution in [0.5, 0.6) is 0 Å². The number of benzene rings is 2. The number of nitrogens with two attached hydrogens (primary N) is 2. The van der Waals surface area contributed by atoms with Crippen molar-refractivity contribution >= 4 is 18.8 Å². The van der Waals surface area contributed by atoms with Crippen molar-refractivity contribution in [2.75, 3.05) is 0 Å². The van der Waals surface area contributed by atoms with E-state index in [1.54, 1.807) is 24.3 Å². The molecule has 0 heterocycles. The van der Waals surface area contributed by atoms with Crippen molar-refractivity contribution in [2.45, 2.75) is 12.1 Å². The van der Waals surface area contributed by atoms with Gasteiger partial charge in [-0.2, -0.15) is 0 Å². The molecule has 7 heteroatoms. The van der Waals surface area contributed by atoms with Gasteiger partial charge < -0.3 is 11.5 Å². The van der Waals surface area contributed by atoms with Gasteiger partial charge in [-0.25, -0.2) is 8.78 Å². The van der Waals surface area contributed by atoms with E-state index in [0.717, 1.165) is 11.1 Å². The number of hydrogen-bond donors (Lipinski definition) is 2. The quantitative estimate of drug-likeness (QED) is 0.650. The van der Waals surface area contributed by atoms with Gasteiger partial charge in [0.2, 0.25) is 0 Å². The summed E-state index contributed by atoms with van der Waals surface area (Å²) in [6.45, 7) is 0. The molecule has 2 unspecified atom stereocenters. The van der Waals surface area contributed by atoms with Gasteiger partial charge in [-0.1, -0.05) is 24.3 Å². The maximum atomic E-state index is 12.8. The predicted octanol–water partition coefficient (Wildman–Crippen LogP) is 4.04.